The lowest BCUT2D eigenvalue weighted by Gasteiger charge is -2.18. The van der Waals surface area contributed by atoms with Crippen LogP contribution in [0, 0.1) is 0 Å². The Bertz CT molecular complexity index is 971. The number of anilines is 1. The molecular formula is C22H19NO5. The second-order valence-corrected chi connectivity index (χ2v) is 5.93. The minimum Gasteiger partial charge on any atom is -0.507 e. The van der Waals surface area contributed by atoms with Crippen LogP contribution in [-0.4, -0.2) is 24.1 Å². The highest BCUT2D eigenvalue weighted by Gasteiger charge is 2.26. The summed E-state index contributed by atoms with van der Waals surface area (Å²) < 4.78 is 10.6. The van der Waals surface area contributed by atoms with Crippen molar-refractivity contribution in [3.8, 4) is 11.5 Å². The van der Waals surface area contributed by atoms with Crippen LogP contribution < -0.4 is 10.1 Å². The van der Waals surface area contributed by atoms with Crippen molar-refractivity contribution in [3.05, 3.63) is 90.0 Å². The summed E-state index contributed by atoms with van der Waals surface area (Å²) in [4.78, 5) is 25.4. The van der Waals surface area contributed by atoms with E-state index in [4.69, 9.17) is 9.47 Å². The number of hydrogen-bond donors (Lipinski definition) is 2. The SMILES string of the molecule is COc1cccc(NC(=O)C(OC(=O)c2ccccc2O)c2ccccc2)c1. The van der Waals surface area contributed by atoms with Gasteiger partial charge in [0.1, 0.15) is 17.1 Å². The highest BCUT2D eigenvalue weighted by molar-refractivity contribution is 5.99. The van der Waals surface area contributed by atoms with Gasteiger partial charge in [-0.2, -0.15) is 0 Å². The van der Waals surface area contributed by atoms with Crippen molar-refractivity contribution >= 4 is 17.6 Å². The molecule has 0 aliphatic heterocycles. The molecule has 1 unspecified atom stereocenters. The van der Waals surface area contributed by atoms with Gasteiger partial charge >= 0.3 is 5.97 Å². The quantitative estimate of drug-likeness (QED) is 0.636. The van der Waals surface area contributed by atoms with Gasteiger partial charge in [-0.3, -0.25) is 4.79 Å². The summed E-state index contributed by atoms with van der Waals surface area (Å²) in [5.41, 5.74) is 0.994. The summed E-state index contributed by atoms with van der Waals surface area (Å²) in [5.74, 6) is -0.955. The molecule has 6 nitrogen and oxygen atoms in total. The molecule has 2 N–H and O–H groups in total. The van der Waals surface area contributed by atoms with Gasteiger partial charge in [-0.05, 0) is 24.3 Å². The fourth-order valence-corrected chi connectivity index (χ4v) is 2.63. The molecule has 0 bridgehead atoms. The van der Waals surface area contributed by atoms with Crippen molar-refractivity contribution in [1.82, 2.24) is 0 Å². The lowest BCUT2D eigenvalue weighted by molar-refractivity contribution is -0.125. The molecule has 0 saturated carbocycles. The molecule has 0 spiro atoms. The first-order valence-corrected chi connectivity index (χ1v) is 8.57. The molecule has 0 fully saturated rings. The molecule has 6 heteroatoms. The molecule has 0 radical (unpaired) electrons. The minimum atomic E-state index is -1.19. The molecule has 0 heterocycles. The molecule has 3 aromatic carbocycles. The van der Waals surface area contributed by atoms with Gasteiger partial charge in [0.05, 0.1) is 7.11 Å². The van der Waals surface area contributed by atoms with Gasteiger partial charge in [0.15, 0.2) is 0 Å². The smallest absolute Gasteiger partial charge is 0.343 e. The van der Waals surface area contributed by atoms with Gasteiger partial charge in [0.2, 0.25) is 6.10 Å². The molecule has 1 amide bonds. The van der Waals surface area contributed by atoms with Crippen LogP contribution >= 0.6 is 0 Å². The average molecular weight is 377 g/mol. The van der Waals surface area contributed by atoms with Crippen LogP contribution in [-0.2, 0) is 9.53 Å². The molecule has 0 saturated heterocycles. The number of phenols is 1. The highest BCUT2D eigenvalue weighted by atomic mass is 16.5. The number of phenolic OH excluding ortho intramolecular Hbond substituents is 1. The number of methoxy groups -OCH3 is 1. The summed E-state index contributed by atoms with van der Waals surface area (Å²) >= 11 is 0. The monoisotopic (exact) mass is 377 g/mol. The van der Waals surface area contributed by atoms with Gasteiger partial charge < -0.3 is 19.9 Å². The van der Waals surface area contributed by atoms with Gasteiger partial charge in [0.25, 0.3) is 5.91 Å². The maximum absolute atomic E-state index is 12.9. The number of esters is 1. The molecule has 0 aliphatic carbocycles. The molecule has 1 atom stereocenters. The molecule has 0 aliphatic rings. The summed E-state index contributed by atoms with van der Waals surface area (Å²) in [6, 6.07) is 21.5. The van der Waals surface area contributed by atoms with E-state index in [1.807, 2.05) is 0 Å². The first-order chi connectivity index (χ1) is 13.6. The molecular weight excluding hydrogens is 358 g/mol. The van der Waals surface area contributed by atoms with Crippen LogP contribution in [0.5, 0.6) is 11.5 Å². The van der Waals surface area contributed by atoms with Crippen molar-refractivity contribution in [2.75, 3.05) is 12.4 Å². The lowest BCUT2D eigenvalue weighted by atomic mass is 10.1. The number of ether oxygens (including phenoxy) is 2. The third kappa shape index (κ3) is 4.48. The Morgan fingerprint density at radius 1 is 0.929 bits per heavy atom. The average Bonchev–Trinajstić information content (AvgIpc) is 2.73. The van der Waals surface area contributed by atoms with E-state index in [-0.39, 0.29) is 11.3 Å². The van der Waals surface area contributed by atoms with Gasteiger partial charge in [-0.15, -0.1) is 0 Å². The fraction of sp³-hybridized carbons (Fsp3) is 0.0909. The molecule has 28 heavy (non-hydrogen) atoms. The van der Waals surface area contributed by atoms with E-state index in [0.29, 0.717) is 17.0 Å². The Hall–Kier alpha value is -3.80. The lowest BCUT2D eigenvalue weighted by Crippen LogP contribution is -2.26. The predicted molar refractivity (Wildman–Crippen MR) is 104 cm³/mol. The molecule has 142 valence electrons. The van der Waals surface area contributed by atoms with E-state index in [2.05, 4.69) is 5.32 Å². The Balaban J connectivity index is 1.86. The Morgan fingerprint density at radius 2 is 1.64 bits per heavy atom. The number of carbonyl (C=O) groups excluding carboxylic acids is 2. The largest absolute Gasteiger partial charge is 0.507 e. The van der Waals surface area contributed by atoms with Crippen molar-refractivity contribution in [2.45, 2.75) is 6.10 Å². The van der Waals surface area contributed by atoms with Crippen LogP contribution in [0.1, 0.15) is 22.0 Å². The first-order valence-electron chi connectivity index (χ1n) is 8.57. The first kappa shape index (κ1) is 19.0. The van der Waals surface area contributed by atoms with E-state index in [1.165, 1.54) is 19.2 Å². The summed E-state index contributed by atoms with van der Waals surface area (Å²) in [7, 11) is 1.53. The second kappa shape index (κ2) is 8.73. The Morgan fingerprint density at radius 3 is 2.36 bits per heavy atom. The van der Waals surface area contributed by atoms with Crippen molar-refractivity contribution in [2.24, 2.45) is 0 Å². The van der Waals surface area contributed by atoms with Crippen LogP contribution in [0.2, 0.25) is 0 Å². The molecule has 3 aromatic rings. The van der Waals surface area contributed by atoms with Crippen LogP contribution in [0.3, 0.4) is 0 Å². The zero-order chi connectivity index (χ0) is 19.9. The second-order valence-electron chi connectivity index (χ2n) is 5.93. The van der Waals surface area contributed by atoms with Crippen molar-refractivity contribution in [1.29, 1.82) is 0 Å². The van der Waals surface area contributed by atoms with Gasteiger partial charge in [0, 0.05) is 17.3 Å². The van der Waals surface area contributed by atoms with Gasteiger partial charge in [-0.1, -0.05) is 48.5 Å². The number of rotatable bonds is 6. The van der Waals surface area contributed by atoms with E-state index < -0.39 is 18.0 Å². The Kier molecular flexibility index (Phi) is 5.91. The Labute approximate surface area is 162 Å². The zero-order valence-electron chi connectivity index (χ0n) is 15.2. The standard InChI is InChI=1S/C22H19NO5/c1-27-17-11-7-10-16(14-17)23-21(25)20(15-8-3-2-4-9-15)28-22(26)18-12-5-6-13-19(18)24/h2-14,20,24H,1H3,(H,23,25). The number of hydrogen-bond acceptors (Lipinski definition) is 5. The number of para-hydroxylation sites is 1. The third-order valence-electron chi connectivity index (χ3n) is 4.03. The molecule has 0 aromatic heterocycles. The predicted octanol–water partition coefficient (Wildman–Crippen LogP) is 3.94. The number of aromatic hydroxyl groups is 1. The summed E-state index contributed by atoms with van der Waals surface area (Å²) in [5, 5.41) is 12.6. The van der Waals surface area contributed by atoms with Crippen LogP contribution in [0.4, 0.5) is 5.69 Å². The summed E-state index contributed by atoms with van der Waals surface area (Å²) in [6.45, 7) is 0. The maximum Gasteiger partial charge on any atom is 0.343 e. The fourth-order valence-electron chi connectivity index (χ4n) is 2.63. The normalized spacial score (nSPS) is 11.3. The highest BCUT2D eigenvalue weighted by Crippen LogP contribution is 2.25. The van der Waals surface area contributed by atoms with Crippen molar-refractivity contribution in [3.63, 3.8) is 0 Å². The number of carbonyl (C=O) groups is 2. The third-order valence-corrected chi connectivity index (χ3v) is 4.03. The topological polar surface area (TPSA) is 84.9 Å². The van der Waals surface area contributed by atoms with E-state index in [0.717, 1.165) is 0 Å². The van der Waals surface area contributed by atoms with Crippen LogP contribution in [0.15, 0.2) is 78.9 Å². The number of benzene rings is 3. The molecule has 3 rings (SSSR count). The van der Waals surface area contributed by atoms with Crippen molar-refractivity contribution < 1.29 is 24.2 Å². The van der Waals surface area contributed by atoms with E-state index in [9.17, 15) is 14.7 Å². The maximum atomic E-state index is 12.9. The zero-order valence-corrected chi connectivity index (χ0v) is 15.2. The van der Waals surface area contributed by atoms with Crippen LogP contribution in [0.25, 0.3) is 0 Å². The number of nitrogens with one attached hydrogen (secondary N) is 1. The van der Waals surface area contributed by atoms with Gasteiger partial charge in [-0.25, -0.2) is 4.79 Å². The van der Waals surface area contributed by atoms with E-state index in [1.54, 1.807) is 66.7 Å². The summed E-state index contributed by atoms with van der Waals surface area (Å²) in [6.07, 6.45) is -1.19. The number of amides is 1. The minimum absolute atomic E-state index is 0.0161. The van der Waals surface area contributed by atoms with E-state index >= 15 is 0 Å².